The molecule has 0 spiro atoms. The molecule has 0 aliphatic carbocycles. The molecule has 0 saturated carbocycles. The number of aliphatic hydroxyl groups is 1. The van der Waals surface area contributed by atoms with Crippen molar-refractivity contribution >= 4 is 17.3 Å². The van der Waals surface area contributed by atoms with Crippen LogP contribution in [0.15, 0.2) is 23.7 Å². The maximum absolute atomic E-state index is 9.12. The Kier molecular flexibility index (Phi) is 3.93. The first-order valence-corrected chi connectivity index (χ1v) is 6.71. The third-order valence-electron chi connectivity index (χ3n) is 3.09. The maximum atomic E-state index is 9.12. The monoisotopic (exact) mass is 263 g/mol. The Bertz CT molecular complexity index is 513. The van der Waals surface area contributed by atoms with Crippen LogP contribution in [0.1, 0.15) is 29.1 Å². The van der Waals surface area contributed by atoms with Crippen LogP contribution >= 0.6 is 11.3 Å². The number of hydrogen-bond donors (Lipinski definition) is 1. The standard InChI is InChI=1S/C13H17N3OS/c1-9-11(8-17)7-14-13(15-9)16(3)10(2)12-5-4-6-18-12/h4-7,10,17H,8H2,1-3H3. The molecule has 0 aliphatic heterocycles. The van der Waals surface area contributed by atoms with E-state index in [0.29, 0.717) is 5.95 Å². The summed E-state index contributed by atoms with van der Waals surface area (Å²) in [7, 11) is 1.98. The SMILES string of the molecule is Cc1nc(N(C)C(C)c2cccs2)ncc1CO. The number of anilines is 1. The summed E-state index contributed by atoms with van der Waals surface area (Å²) in [5.74, 6) is 0.686. The molecule has 2 aromatic rings. The molecule has 0 aromatic carbocycles. The number of rotatable bonds is 4. The average molecular weight is 263 g/mol. The second-order valence-corrected chi connectivity index (χ2v) is 5.22. The third-order valence-corrected chi connectivity index (χ3v) is 4.13. The van der Waals surface area contributed by atoms with Crippen molar-refractivity contribution in [3.05, 3.63) is 39.8 Å². The van der Waals surface area contributed by atoms with E-state index >= 15 is 0 Å². The average Bonchev–Trinajstić information content (AvgIpc) is 2.90. The summed E-state index contributed by atoms with van der Waals surface area (Å²) in [6.45, 7) is 4.00. The summed E-state index contributed by atoms with van der Waals surface area (Å²) in [4.78, 5) is 12.1. The van der Waals surface area contributed by atoms with E-state index in [9.17, 15) is 0 Å². The van der Waals surface area contributed by atoms with Crippen LogP contribution in [0.25, 0.3) is 0 Å². The second-order valence-electron chi connectivity index (χ2n) is 4.24. The molecular formula is C13H17N3OS. The molecule has 5 heteroatoms. The van der Waals surface area contributed by atoms with Gasteiger partial charge in [-0.25, -0.2) is 9.97 Å². The highest BCUT2D eigenvalue weighted by Crippen LogP contribution is 2.26. The first-order valence-electron chi connectivity index (χ1n) is 5.83. The van der Waals surface area contributed by atoms with Crippen LogP contribution < -0.4 is 4.90 Å². The van der Waals surface area contributed by atoms with Crippen molar-refractivity contribution in [1.29, 1.82) is 0 Å². The fourth-order valence-corrected chi connectivity index (χ4v) is 2.52. The Morgan fingerprint density at radius 3 is 2.83 bits per heavy atom. The Hall–Kier alpha value is -1.46. The fourth-order valence-electron chi connectivity index (χ4n) is 1.70. The van der Waals surface area contributed by atoms with E-state index in [0.717, 1.165) is 11.3 Å². The van der Waals surface area contributed by atoms with Crippen molar-refractivity contribution in [2.75, 3.05) is 11.9 Å². The molecule has 4 nitrogen and oxygen atoms in total. The number of hydrogen-bond acceptors (Lipinski definition) is 5. The predicted octanol–water partition coefficient (Wildman–Crippen LogP) is 2.54. The summed E-state index contributed by atoms with van der Waals surface area (Å²) in [5, 5.41) is 11.2. The molecule has 1 unspecified atom stereocenters. The number of aryl methyl sites for hydroxylation is 1. The van der Waals surface area contributed by atoms with Crippen molar-refractivity contribution in [2.45, 2.75) is 26.5 Å². The Morgan fingerprint density at radius 1 is 1.50 bits per heavy atom. The zero-order valence-corrected chi connectivity index (χ0v) is 11.6. The summed E-state index contributed by atoms with van der Waals surface area (Å²) in [5.41, 5.74) is 1.60. The molecule has 1 N–H and O–H groups in total. The number of aliphatic hydroxyl groups excluding tert-OH is 1. The quantitative estimate of drug-likeness (QED) is 0.921. The van der Waals surface area contributed by atoms with E-state index in [1.807, 2.05) is 24.9 Å². The highest BCUT2D eigenvalue weighted by molar-refractivity contribution is 7.10. The van der Waals surface area contributed by atoms with Gasteiger partial charge in [0.05, 0.1) is 12.6 Å². The van der Waals surface area contributed by atoms with Crippen LogP contribution in [0, 0.1) is 6.92 Å². The van der Waals surface area contributed by atoms with Gasteiger partial charge in [0.15, 0.2) is 0 Å². The first-order chi connectivity index (χ1) is 8.63. The summed E-state index contributed by atoms with van der Waals surface area (Å²) in [6, 6.07) is 4.40. The number of thiophene rings is 1. The molecule has 0 bridgehead atoms. The van der Waals surface area contributed by atoms with E-state index in [2.05, 4.69) is 28.3 Å². The van der Waals surface area contributed by atoms with Gasteiger partial charge in [-0.05, 0) is 25.3 Å². The molecule has 2 heterocycles. The highest BCUT2D eigenvalue weighted by atomic mass is 32.1. The zero-order chi connectivity index (χ0) is 13.1. The first kappa shape index (κ1) is 13.0. The molecule has 96 valence electrons. The highest BCUT2D eigenvalue weighted by Gasteiger charge is 2.16. The van der Waals surface area contributed by atoms with Crippen LogP contribution in [0.5, 0.6) is 0 Å². The van der Waals surface area contributed by atoms with Gasteiger partial charge in [0.1, 0.15) is 0 Å². The van der Waals surface area contributed by atoms with E-state index < -0.39 is 0 Å². The predicted molar refractivity (Wildman–Crippen MR) is 73.8 cm³/mol. The van der Waals surface area contributed by atoms with Crippen molar-refractivity contribution in [3.8, 4) is 0 Å². The fraction of sp³-hybridized carbons (Fsp3) is 0.385. The molecule has 0 radical (unpaired) electrons. The van der Waals surface area contributed by atoms with Gasteiger partial charge in [0.2, 0.25) is 5.95 Å². The van der Waals surface area contributed by atoms with Crippen LogP contribution in [0.4, 0.5) is 5.95 Å². The molecule has 0 saturated heterocycles. The lowest BCUT2D eigenvalue weighted by molar-refractivity contribution is 0.280. The van der Waals surface area contributed by atoms with Crippen molar-refractivity contribution in [2.24, 2.45) is 0 Å². The van der Waals surface area contributed by atoms with E-state index in [1.165, 1.54) is 4.88 Å². The van der Waals surface area contributed by atoms with Gasteiger partial charge in [0.25, 0.3) is 0 Å². The van der Waals surface area contributed by atoms with Gasteiger partial charge >= 0.3 is 0 Å². The summed E-state index contributed by atoms with van der Waals surface area (Å²) in [6.07, 6.45) is 1.69. The Balaban J connectivity index is 2.23. The Morgan fingerprint density at radius 2 is 2.28 bits per heavy atom. The topological polar surface area (TPSA) is 49.2 Å². The maximum Gasteiger partial charge on any atom is 0.225 e. The molecule has 2 rings (SSSR count). The number of aromatic nitrogens is 2. The molecule has 18 heavy (non-hydrogen) atoms. The molecule has 2 aromatic heterocycles. The van der Waals surface area contributed by atoms with Crippen molar-refractivity contribution < 1.29 is 5.11 Å². The molecule has 0 aliphatic rings. The van der Waals surface area contributed by atoms with Gasteiger partial charge in [-0.1, -0.05) is 6.07 Å². The lowest BCUT2D eigenvalue weighted by Gasteiger charge is -2.24. The molecule has 1 atom stereocenters. The third kappa shape index (κ3) is 2.52. The molecular weight excluding hydrogens is 246 g/mol. The number of nitrogens with zero attached hydrogens (tertiary/aromatic N) is 3. The zero-order valence-electron chi connectivity index (χ0n) is 10.8. The van der Waals surface area contributed by atoms with Crippen LogP contribution in [-0.4, -0.2) is 22.1 Å². The smallest absolute Gasteiger partial charge is 0.225 e. The van der Waals surface area contributed by atoms with Gasteiger partial charge in [-0.3, -0.25) is 0 Å². The summed E-state index contributed by atoms with van der Waals surface area (Å²) < 4.78 is 0. The van der Waals surface area contributed by atoms with Gasteiger partial charge in [-0.2, -0.15) is 0 Å². The lowest BCUT2D eigenvalue weighted by Crippen LogP contribution is -2.23. The van der Waals surface area contributed by atoms with E-state index in [4.69, 9.17) is 5.11 Å². The van der Waals surface area contributed by atoms with Crippen molar-refractivity contribution in [3.63, 3.8) is 0 Å². The van der Waals surface area contributed by atoms with Gasteiger partial charge < -0.3 is 10.0 Å². The lowest BCUT2D eigenvalue weighted by atomic mass is 10.2. The van der Waals surface area contributed by atoms with Crippen LogP contribution in [-0.2, 0) is 6.61 Å². The molecule has 0 amide bonds. The van der Waals surface area contributed by atoms with Crippen molar-refractivity contribution in [1.82, 2.24) is 9.97 Å². The normalized spacial score (nSPS) is 12.4. The van der Waals surface area contributed by atoms with E-state index in [1.54, 1.807) is 17.5 Å². The largest absolute Gasteiger partial charge is 0.392 e. The minimum absolute atomic E-state index is 0.0176. The minimum Gasteiger partial charge on any atom is -0.392 e. The van der Waals surface area contributed by atoms with Gasteiger partial charge in [0, 0.05) is 29.4 Å². The van der Waals surface area contributed by atoms with Crippen LogP contribution in [0.3, 0.4) is 0 Å². The van der Waals surface area contributed by atoms with Gasteiger partial charge in [-0.15, -0.1) is 11.3 Å². The second kappa shape index (κ2) is 5.46. The van der Waals surface area contributed by atoms with Crippen LogP contribution in [0.2, 0.25) is 0 Å². The Labute approximate surface area is 111 Å². The minimum atomic E-state index is -0.0176. The summed E-state index contributed by atoms with van der Waals surface area (Å²) >= 11 is 1.73. The van der Waals surface area contributed by atoms with E-state index in [-0.39, 0.29) is 12.6 Å². The molecule has 0 fully saturated rings.